The fraction of sp³-hybridized carbons (Fsp3) is 0.375. The molecule has 0 saturated heterocycles. The minimum absolute atomic E-state index is 0.120. The molecule has 1 aromatic heterocycles. The smallest absolute Gasteiger partial charge is 0.0421 e. The van der Waals surface area contributed by atoms with Crippen molar-refractivity contribution in [3.8, 4) is 0 Å². The van der Waals surface area contributed by atoms with Crippen LogP contribution in [0.25, 0.3) is 0 Å². The van der Waals surface area contributed by atoms with Gasteiger partial charge in [-0.3, -0.25) is 0 Å². The molecule has 96 valence electrons. The lowest BCUT2D eigenvalue weighted by atomic mass is 10.1. The Morgan fingerprint density at radius 1 is 1.06 bits per heavy atom. The number of aryl methyl sites for hydroxylation is 2. The number of nitrogens with two attached hydrogens (primary N) is 1. The van der Waals surface area contributed by atoms with E-state index < -0.39 is 0 Å². The van der Waals surface area contributed by atoms with Gasteiger partial charge in [0.2, 0.25) is 0 Å². The number of aromatic nitrogens is 1. The summed E-state index contributed by atoms with van der Waals surface area (Å²) >= 11 is 0. The largest absolute Gasteiger partial charge is 0.350 e. The Morgan fingerprint density at radius 2 is 1.83 bits per heavy atom. The topological polar surface area (TPSA) is 30.9 Å². The number of hydrogen-bond acceptors (Lipinski definition) is 1. The van der Waals surface area contributed by atoms with Gasteiger partial charge < -0.3 is 10.3 Å². The maximum atomic E-state index is 5.93. The molecule has 0 radical (unpaired) electrons. The number of unbranched alkanes of at least 4 members (excludes halogenated alkanes) is 1. The Kier molecular flexibility index (Phi) is 4.59. The highest BCUT2D eigenvalue weighted by molar-refractivity contribution is 5.14. The minimum Gasteiger partial charge on any atom is -0.350 e. The molecule has 1 unspecified atom stereocenters. The Morgan fingerprint density at radius 3 is 2.56 bits per heavy atom. The van der Waals surface area contributed by atoms with Crippen molar-refractivity contribution in [1.82, 2.24) is 4.57 Å². The molecule has 0 aliphatic rings. The molecule has 2 heteroatoms. The van der Waals surface area contributed by atoms with Crippen LogP contribution >= 0.6 is 0 Å². The van der Waals surface area contributed by atoms with Crippen LogP contribution in [0.5, 0.6) is 0 Å². The predicted octanol–water partition coefficient (Wildman–Crippen LogP) is 3.53. The van der Waals surface area contributed by atoms with Crippen molar-refractivity contribution in [1.29, 1.82) is 0 Å². The summed E-state index contributed by atoms with van der Waals surface area (Å²) in [7, 11) is 0. The molecular formula is C16H22N2. The van der Waals surface area contributed by atoms with Crippen LogP contribution in [-0.4, -0.2) is 4.57 Å². The lowest BCUT2D eigenvalue weighted by Crippen LogP contribution is -2.12. The van der Waals surface area contributed by atoms with Crippen LogP contribution < -0.4 is 5.73 Å². The summed E-state index contributed by atoms with van der Waals surface area (Å²) < 4.78 is 2.27. The van der Waals surface area contributed by atoms with E-state index in [0.29, 0.717) is 0 Å². The van der Waals surface area contributed by atoms with Gasteiger partial charge in [-0.2, -0.15) is 0 Å². The molecule has 2 N–H and O–H groups in total. The molecule has 0 amide bonds. The Balaban J connectivity index is 1.77. The summed E-state index contributed by atoms with van der Waals surface area (Å²) in [6.07, 6.45) is 5.71. The second-order valence-electron chi connectivity index (χ2n) is 4.86. The average molecular weight is 242 g/mol. The van der Waals surface area contributed by atoms with Crippen molar-refractivity contribution in [2.24, 2.45) is 5.73 Å². The van der Waals surface area contributed by atoms with Gasteiger partial charge in [0.05, 0.1) is 0 Å². The SMILES string of the molecule is CC(N)c1cccn1CCCCc1ccccc1. The second kappa shape index (κ2) is 6.41. The van der Waals surface area contributed by atoms with Crippen LogP contribution in [0.15, 0.2) is 48.7 Å². The average Bonchev–Trinajstić information content (AvgIpc) is 2.84. The van der Waals surface area contributed by atoms with Gasteiger partial charge in [-0.05, 0) is 43.9 Å². The van der Waals surface area contributed by atoms with E-state index in [9.17, 15) is 0 Å². The highest BCUT2D eigenvalue weighted by atomic mass is 15.0. The summed E-state index contributed by atoms with van der Waals surface area (Å²) in [4.78, 5) is 0. The molecule has 0 aliphatic heterocycles. The van der Waals surface area contributed by atoms with Gasteiger partial charge in [0.25, 0.3) is 0 Å². The maximum Gasteiger partial charge on any atom is 0.0421 e. The molecule has 0 saturated carbocycles. The van der Waals surface area contributed by atoms with E-state index >= 15 is 0 Å². The monoisotopic (exact) mass is 242 g/mol. The third-order valence-corrected chi connectivity index (χ3v) is 3.29. The maximum absolute atomic E-state index is 5.93. The van der Waals surface area contributed by atoms with E-state index in [1.807, 2.05) is 6.92 Å². The van der Waals surface area contributed by atoms with Gasteiger partial charge in [0.1, 0.15) is 0 Å². The first-order chi connectivity index (χ1) is 8.77. The van der Waals surface area contributed by atoms with Gasteiger partial charge in [0, 0.05) is 24.5 Å². The van der Waals surface area contributed by atoms with Crippen LogP contribution in [0.4, 0.5) is 0 Å². The normalized spacial score (nSPS) is 12.6. The van der Waals surface area contributed by atoms with Gasteiger partial charge in [0.15, 0.2) is 0 Å². The second-order valence-corrected chi connectivity index (χ2v) is 4.86. The fourth-order valence-electron chi connectivity index (χ4n) is 2.30. The molecule has 0 spiro atoms. The van der Waals surface area contributed by atoms with Crippen molar-refractivity contribution >= 4 is 0 Å². The summed E-state index contributed by atoms with van der Waals surface area (Å²) in [5.41, 5.74) is 8.59. The minimum atomic E-state index is 0.120. The van der Waals surface area contributed by atoms with Crippen molar-refractivity contribution in [3.63, 3.8) is 0 Å². The number of rotatable bonds is 6. The van der Waals surface area contributed by atoms with Crippen LogP contribution in [0.2, 0.25) is 0 Å². The molecule has 0 fully saturated rings. The van der Waals surface area contributed by atoms with Crippen LogP contribution in [0.3, 0.4) is 0 Å². The first kappa shape index (κ1) is 12.9. The highest BCUT2D eigenvalue weighted by Crippen LogP contribution is 2.12. The summed E-state index contributed by atoms with van der Waals surface area (Å²) in [5, 5.41) is 0. The molecule has 2 rings (SSSR count). The van der Waals surface area contributed by atoms with Gasteiger partial charge in [-0.25, -0.2) is 0 Å². The van der Waals surface area contributed by atoms with Crippen molar-refractivity contribution in [2.75, 3.05) is 0 Å². The van der Waals surface area contributed by atoms with E-state index in [2.05, 4.69) is 53.2 Å². The molecule has 1 heterocycles. The summed E-state index contributed by atoms with van der Waals surface area (Å²) in [6, 6.07) is 15.0. The zero-order valence-corrected chi connectivity index (χ0v) is 11.0. The number of hydrogen-bond donors (Lipinski definition) is 1. The predicted molar refractivity (Wildman–Crippen MR) is 76.4 cm³/mol. The molecule has 0 bridgehead atoms. The first-order valence-corrected chi connectivity index (χ1v) is 6.72. The van der Waals surface area contributed by atoms with E-state index in [-0.39, 0.29) is 6.04 Å². The molecule has 1 atom stereocenters. The fourth-order valence-corrected chi connectivity index (χ4v) is 2.30. The molecule has 2 nitrogen and oxygen atoms in total. The first-order valence-electron chi connectivity index (χ1n) is 6.72. The standard InChI is InChI=1S/C16H22N2/c1-14(17)16-11-7-13-18(16)12-6-5-10-15-8-3-2-4-9-15/h2-4,7-9,11,13-14H,5-6,10,12,17H2,1H3. The van der Waals surface area contributed by atoms with Crippen LogP contribution in [0, 0.1) is 0 Å². The number of benzene rings is 1. The van der Waals surface area contributed by atoms with E-state index in [4.69, 9.17) is 5.73 Å². The van der Waals surface area contributed by atoms with Gasteiger partial charge >= 0.3 is 0 Å². The highest BCUT2D eigenvalue weighted by Gasteiger charge is 2.04. The molecule has 18 heavy (non-hydrogen) atoms. The summed E-state index contributed by atoms with van der Waals surface area (Å²) in [6.45, 7) is 3.10. The summed E-state index contributed by atoms with van der Waals surface area (Å²) in [5.74, 6) is 0. The molecular weight excluding hydrogens is 220 g/mol. The molecule has 2 aromatic rings. The lowest BCUT2D eigenvalue weighted by molar-refractivity contribution is 0.573. The number of nitrogens with zero attached hydrogens (tertiary/aromatic N) is 1. The van der Waals surface area contributed by atoms with Gasteiger partial charge in [-0.15, -0.1) is 0 Å². The third kappa shape index (κ3) is 3.47. The Bertz CT molecular complexity index is 457. The molecule has 0 aliphatic carbocycles. The van der Waals surface area contributed by atoms with E-state index in [0.717, 1.165) is 13.0 Å². The zero-order valence-electron chi connectivity index (χ0n) is 11.0. The molecule has 1 aromatic carbocycles. The van der Waals surface area contributed by atoms with Crippen LogP contribution in [-0.2, 0) is 13.0 Å². The van der Waals surface area contributed by atoms with E-state index in [1.54, 1.807) is 0 Å². The Hall–Kier alpha value is -1.54. The van der Waals surface area contributed by atoms with Crippen LogP contribution in [0.1, 0.15) is 37.1 Å². The van der Waals surface area contributed by atoms with Crippen molar-refractivity contribution in [2.45, 2.75) is 38.8 Å². The van der Waals surface area contributed by atoms with Crippen molar-refractivity contribution < 1.29 is 0 Å². The van der Waals surface area contributed by atoms with Gasteiger partial charge in [-0.1, -0.05) is 30.3 Å². The Labute approximate surface area is 109 Å². The quantitative estimate of drug-likeness (QED) is 0.772. The lowest BCUT2D eigenvalue weighted by Gasteiger charge is -2.11. The zero-order chi connectivity index (χ0) is 12.8. The van der Waals surface area contributed by atoms with Crippen molar-refractivity contribution in [3.05, 3.63) is 59.9 Å². The third-order valence-electron chi connectivity index (χ3n) is 3.29. The van der Waals surface area contributed by atoms with E-state index in [1.165, 1.54) is 24.1 Å².